The fraction of sp³-hybridized carbons (Fsp3) is 0.650. The summed E-state index contributed by atoms with van der Waals surface area (Å²) in [6, 6.07) is 2.63. The zero-order valence-electron chi connectivity index (χ0n) is 17.1. The van der Waals surface area contributed by atoms with Crippen molar-refractivity contribution in [2.75, 3.05) is 39.5 Å². The molecule has 0 saturated carbocycles. The van der Waals surface area contributed by atoms with E-state index < -0.39 is 17.6 Å². The third-order valence-corrected chi connectivity index (χ3v) is 4.58. The van der Waals surface area contributed by atoms with Gasteiger partial charge in [0.1, 0.15) is 5.82 Å². The van der Waals surface area contributed by atoms with Crippen LogP contribution in [0.2, 0.25) is 0 Å². The van der Waals surface area contributed by atoms with E-state index in [1.54, 1.807) is 0 Å². The molecular weight excluding hydrogens is 517 g/mol. The minimum atomic E-state index is -4.62. The highest BCUT2D eigenvalue weighted by Gasteiger charge is 2.33. The van der Waals surface area contributed by atoms with Crippen LogP contribution in [0, 0.1) is 11.7 Å². The second kappa shape index (κ2) is 14.0. The normalized spacial score (nSPS) is 15.6. The monoisotopic (exact) mass is 547 g/mol. The molecule has 2 rings (SSSR count). The summed E-state index contributed by atoms with van der Waals surface area (Å²) in [6.07, 6.45) is -1.82. The van der Waals surface area contributed by atoms with Crippen LogP contribution in [0.15, 0.2) is 23.2 Å². The van der Waals surface area contributed by atoms with E-state index in [4.69, 9.17) is 9.47 Å². The molecule has 5 nitrogen and oxygen atoms in total. The highest BCUT2D eigenvalue weighted by atomic mass is 127. The molecule has 0 spiro atoms. The smallest absolute Gasteiger partial charge is 0.381 e. The third kappa shape index (κ3) is 9.78. The molecule has 1 fully saturated rings. The van der Waals surface area contributed by atoms with Gasteiger partial charge in [-0.25, -0.2) is 9.38 Å². The molecule has 0 bridgehead atoms. The lowest BCUT2D eigenvalue weighted by Gasteiger charge is -2.21. The van der Waals surface area contributed by atoms with E-state index >= 15 is 0 Å². The van der Waals surface area contributed by atoms with Gasteiger partial charge < -0.3 is 20.1 Å². The fourth-order valence-electron chi connectivity index (χ4n) is 3.00. The van der Waals surface area contributed by atoms with E-state index in [2.05, 4.69) is 15.6 Å². The zero-order valence-corrected chi connectivity index (χ0v) is 19.4. The number of hydrogen-bond donors (Lipinski definition) is 2. The number of benzene rings is 1. The maximum absolute atomic E-state index is 13.2. The van der Waals surface area contributed by atoms with E-state index in [1.807, 2.05) is 6.92 Å². The number of rotatable bonds is 9. The number of alkyl halides is 3. The minimum absolute atomic E-state index is 0. The van der Waals surface area contributed by atoms with E-state index in [1.165, 1.54) is 0 Å². The number of halogens is 5. The van der Waals surface area contributed by atoms with Gasteiger partial charge in [-0.1, -0.05) is 6.07 Å². The Balaban J connectivity index is 0.00000450. The average Bonchev–Trinajstić information content (AvgIpc) is 2.69. The number of guanidine groups is 1. The zero-order chi connectivity index (χ0) is 21.1. The Kier molecular flexibility index (Phi) is 12.6. The molecule has 0 aliphatic carbocycles. The van der Waals surface area contributed by atoms with Crippen molar-refractivity contribution in [3.05, 3.63) is 35.1 Å². The molecule has 30 heavy (non-hydrogen) atoms. The first-order valence-electron chi connectivity index (χ1n) is 9.93. The topological polar surface area (TPSA) is 54.9 Å². The predicted octanol–water partition coefficient (Wildman–Crippen LogP) is 4.35. The van der Waals surface area contributed by atoms with Crippen LogP contribution in [0.3, 0.4) is 0 Å². The highest BCUT2D eigenvalue weighted by Crippen LogP contribution is 2.32. The van der Waals surface area contributed by atoms with Gasteiger partial charge in [0, 0.05) is 39.5 Å². The van der Waals surface area contributed by atoms with Gasteiger partial charge in [-0.2, -0.15) is 13.2 Å². The van der Waals surface area contributed by atoms with Crippen molar-refractivity contribution < 1.29 is 27.0 Å². The predicted molar refractivity (Wildman–Crippen MR) is 119 cm³/mol. The quantitative estimate of drug-likeness (QED) is 0.159. The molecular formula is C20H30F4IN3O2. The van der Waals surface area contributed by atoms with Gasteiger partial charge in [-0.3, -0.25) is 0 Å². The second-order valence-electron chi connectivity index (χ2n) is 6.91. The molecule has 1 aromatic carbocycles. The Bertz CT molecular complexity index is 653. The molecule has 1 aliphatic rings. The van der Waals surface area contributed by atoms with Crippen molar-refractivity contribution in [1.82, 2.24) is 10.6 Å². The van der Waals surface area contributed by atoms with Crippen LogP contribution in [-0.4, -0.2) is 45.5 Å². The van der Waals surface area contributed by atoms with Crippen LogP contribution in [0.4, 0.5) is 17.6 Å². The summed E-state index contributed by atoms with van der Waals surface area (Å²) >= 11 is 0. The summed E-state index contributed by atoms with van der Waals surface area (Å²) in [5.74, 6) is 0.0411. The lowest BCUT2D eigenvalue weighted by Crippen LogP contribution is -2.38. The molecule has 0 atom stereocenters. The lowest BCUT2D eigenvalue weighted by atomic mass is 10.0. The van der Waals surface area contributed by atoms with Gasteiger partial charge in [-0.05, 0) is 49.8 Å². The van der Waals surface area contributed by atoms with Gasteiger partial charge in [0.15, 0.2) is 5.96 Å². The molecule has 10 heteroatoms. The first-order valence-corrected chi connectivity index (χ1v) is 9.93. The summed E-state index contributed by atoms with van der Waals surface area (Å²) in [4.78, 5) is 4.20. The fourth-order valence-corrected chi connectivity index (χ4v) is 3.00. The summed E-state index contributed by atoms with van der Waals surface area (Å²) in [5.41, 5.74) is -1.07. The maximum atomic E-state index is 13.2. The van der Waals surface area contributed by atoms with Crippen molar-refractivity contribution in [2.45, 2.75) is 38.9 Å². The molecule has 0 unspecified atom stereocenters. The standard InChI is InChI=1S/C20H29F4N3O2.HI/c1-2-25-19(26-8-3-9-29-14-15-6-10-28-11-7-15)27-13-16-4-5-17(21)12-18(16)20(22,23)24;/h4-5,12,15H,2-3,6-11,13-14H2,1H3,(H2,25,26,27);1H. The Hall–Kier alpha value is -1.14. The van der Waals surface area contributed by atoms with Crippen LogP contribution in [0.5, 0.6) is 0 Å². The van der Waals surface area contributed by atoms with E-state index in [0.717, 1.165) is 51.2 Å². The van der Waals surface area contributed by atoms with E-state index in [0.29, 0.717) is 37.6 Å². The maximum Gasteiger partial charge on any atom is 0.416 e. The van der Waals surface area contributed by atoms with Crippen LogP contribution in [0.1, 0.15) is 37.3 Å². The van der Waals surface area contributed by atoms with E-state index in [9.17, 15) is 17.6 Å². The number of hydrogen-bond acceptors (Lipinski definition) is 3. The molecule has 1 aromatic rings. The van der Waals surface area contributed by atoms with Gasteiger partial charge in [0.25, 0.3) is 0 Å². The average molecular weight is 547 g/mol. The SMILES string of the molecule is CCNC(=NCc1ccc(F)cc1C(F)(F)F)NCCCOCC1CCOCC1.I. The summed E-state index contributed by atoms with van der Waals surface area (Å²) < 4.78 is 63.5. The van der Waals surface area contributed by atoms with Gasteiger partial charge in [0.2, 0.25) is 0 Å². The van der Waals surface area contributed by atoms with Crippen molar-refractivity contribution in [3.63, 3.8) is 0 Å². The van der Waals surface area contributed by atoms with Crippen LogP contribution >= 0.6 is 24.0 Å². The Morgan fingerprint density at radius 2 is 1.97 bits per heavy atom. The molecule has 172 valence electrons. The number of ether oxygens (including phenoxy) is 2. The molecule has 0 amide bonds. The lowest BCUT2D eigenvalue weighted by molar-refractivity contribution is -0.138. The molecule has 2 N–H and O–H groups in total. The second-order valence-corrected chi connectivity index (χ2v) is 6.91. The molecule has 1 aliphatic heterocycles. The van der Waals surface area contributed by atoms with Crippen molar-refractivity contribution >= 4 is 29.9 Å². The summed E-state index contributed by atoms with van der Waals surface area (Å²) in [7, 11) is 0. The molecule has 0 radical (unpaired) electrons. The first kappa shape index (κ1) is 26.9. The number of aliphatic imine (C=N–C) groups is 1. The highest BCUT2D eigenvalue weighted by molar-refractivity contribution is 14.0. The third-order valence-electron chi connectivity index (χ3n) is 4.58. The van der Waals surface area contributed by atoms with Crippen LogP contribution in [-0.2, 0) is 22.2 Å². The largest absolute Gasteiger partial charge is 0.416 e. The van der Waals surface area contributed by atoms with Gasteiger partial charge in [-0.15, -0.1) is 24.0 Å². The number of nitrogens with zero attached hydrogens (tertiary/aromatic N) is 1. The van der Waals surface area contributed by atoms with E-state index in [-0.39, 0.29) is 36.1 Å². The summed E-state index contributed by atoms with van der Waals surface area (Å²) in [5, 5.41) is 6.08. The Morgan fingerprint density at radius 3 is 2.63 bits per heavy atom. The Labute approximate surface area is 192 Å². The molecule has 1 saturated heterocycles. The first-order chi connectivity index (χ1) is 13.9. The molecule has 0 aromatic heterocycles. The van der Waals surface area contributed by atoms with Gasteiger partial charge in [0.05, 0.1) is 12.1 Å². The number of nitrogens with one attached hydrogen (secondary N) is 2. The van der Waals surface area contributed by atoms with Crippen molar-refractivity contribution in [1.29, 1.82) is 0 Å². The van der Waals surface area contributed by atoms with Gasteiger partial charge >= 0.3 is 6.18 Å². The van der Waals surface area contributed by atoms with Crippen LogP contribution in [0.25, 0.3) is 0 Å². The van der Waals surface area contributed by atoms with Crippen molar-refractivity contribution in [3.8, 4) is 0 Å². The minimum Gasteiger partial charge on any atom is -0.381 e. The molecule has 1 heterocycles. The van der Waals surface area contributed by atoms with Crippen molar-refractivity contribution in [2.24, 2.45) is 10.9 Å². The summed E-state index contributed by atoms with van der Waals surface area (Å²) in [6.45, 7) is 5.72. The Morgan fingerprint density at radius 1 is 1.23 bits per heavy atom. The van der Waals surface area contributed by atoms with Crippen LogP contribution < -0.4 is 10.6 Å².